The van der Waals surface area contributed by atoms with Gasteiger partial charge in [0.25, 0.3) is 0 Å². The number of nitrogens with zero attached hydrogens (tertiary/aromatic N) is 4. The number of fused-ring (bicyclic) bond motifs is 1. The van der Waals surface area contributed by atoms with Crippen LogP contribution in [0.1, 0.15) is 71.1 Å². The Kier molecular flexibility index (Phi) is 8.67. The van der Waals surface area contributed by atoms with Crippen molar-refractivity contribution in [1.82, 2.24) is 30.5 Å². The number of benzene rings is 3. The lowest BCUT2D eigenvalue weighted by atomic mass is 9.89. The fourth-order valence-electron chi connectivity index (χ4n) is 5.83. The highest BCUT2D eigenvalue weighted by atomic mass is 35.5. The predicted molar refractivity (Wildman–Crippen MR) is 161 cm³/mol. The number of halogens is 2. The summed E-state index contributed by atoms with van der Waals surface area (Å²) in [5, 5.41) is 27.7. The van der Waals surface area contributed by atoms with Gasteiger partial charge in [-0.05, 0) is 71.6 Å². The smallest absolute Gasteiger partial charge is 0.352 e. The minimum Gasteiger partial charge on any atom is -0.489 e. The number of H-pyrrole nitrogens is 1. The van der Waals surface area contributed by atoms with Crippen molar-refractivity contribution in [3.8, 4) is 5.75 Å². The van der Waals surface area contributed by atoms with Crippen LogP contribution >= 0.6 is 11.6 Å². The molecule has 2 heterocycles. The van der Waals surface area contributed by atoms with Crippen molar-refractivity contribution >= 4 is 28.5 Å². The third-order valence-corrected chi connectivity index (χ3v) is 8.30. The molecule has 9 nitrogen and oxygen atoms in total. The van der Waals surface area contributed by atoms with Gasteiger partial charge >= 0.3 is 5.97 Å². The lowest BCUT2D eigenvalue weighted by Crippen LogP contribution is -2.32. The maximum atomic E-state index is 14.0. The molecule has 1 atom stereocenters. The number of carbonyl (C=O) groups is 1. The van der Waals surface area contributed by atoms with E-state index in [1.165, 1.54) is 25.3 Å². The molecule has 1 aliphatic carbocycles. The standard InChI is InChI=1S/C32H32ClFN6O3/c33-23-12-15-25-27(16-23)36-30(32(41)42)28(25)29(35-17-20-6-2-1-3-7-20)31-37-38-39-40(31)18-21-10-13-24(14-11-21)43-19-22-8-4-5-9-26(22)34/h4-5,8-16,20,29,35-36H,1-3,6-7,17-19H2,(H,41,42). The van der Waals surface area contributed by atoms with Gasteiger partial charge in [0.2, 0.25) is 0 Å². The van der Waals surface area contributed by atoms with Crippen LogP contribution in [-0.4, -0.2) is 42.8 Å². The van der Waals surface area contributed by atoms with E-state index in [9.17, 15) is 14.3 Å². The van der Waals surface area contributed by atoms with E-state index < -0.39 is 12.0 Å². The molecule has 0 aliphatic heterocycles. The Bertz CT molecular complexity index is 1710. The summed E-state index contributed by atoms with van der Waals surface area (Å²) in [6.45, 7) is 1.19. The molecule has 6 rings (SSSR count). The summed E-state index contributed by atoms with van der Waals surface area (Å²) in [6.07, 6.45) is 5.90. The summed E-state index contributed by atoms with van der Waals surface area (Å²) in [5.41, 5.74) is 2.68. The van der Waals surface area contributed by atoms with Gasteiger partial charge < -0.3 is 20.1 Å². The van der Waals surface area contributed by atoms with Crippen molar-refractivity contribution < 1.29 is 19.0 Å². The van der Waals surface area contributed by atoms with Crippen molar-refractivity contribution in [2.45, 2.75) is 51.3 Å². The van der Waals surface area contributed by atoms with Crippen LogP contribution in [0.3, 0.4) is 0 Å². The largest absolute Gasteiger partial charge is 0.489 e. The molecule has 0 saturated heterocycles. The molecule has 43 heavy (non-hydrogen) atoms. The minimum absolute atomic E-state index is 0.0734. The van der Waals surface area contributed by atoms with Crippen LogP contribution in [0.4, 0.5) is 4.39 Å². The zero-order valence-corrected chi connectivity index (χ0v) is 24.2. The van der Waals surface area contributed by atoms with Crippen LogP contribution in [-0.2, 0) is 13.2 Å². The SMILES string of the molecule is O=C(O)c1[nH]c2cc(Cl)ccc2c1C(NCC1CCCCC1)c1nnnn1Cc1ccc(OCc2ccccc2F)cc1. The monoisotopic (exact) mass is 602 g/mol. The van der Waals surface area contributed by atoms with E-state index in [1.807, 2.05) is 30.3 Å². The third kappa shape index (κ3) is 6.55. The van der Waals surface area contributed by atoms with Gasteiger partial charge in [0.05, 0.1) is 12.6 Å². The number of carboxylic acid groups (broad SMARTS) is 1. The van der Waals surface area contributed by atoms with E-state index in [2.05, 4.69) is 25.8 Å². The average Bonchev–Trinajstić information content (AvgIpc) is 3.63. The first-order valence-corrected chi connectivity index (χ1v) is 14.8. The Morgan fingerprint density at radius 1 is 1.12 bits per heavy atom. The maximum Gasteiger partial charge on any atom is 0.352 e. The van der Waals surface area contributed by atoms with Crippen molar-refractivity contribution in [3.05, 3.63) is 106 Å². The second kappa shape index (κ2) is 12.9. The molecule has 222 valence electrons. The van der Waals surface area contributed by atoms with E-state index in [0.717, 1.165) is 23.8 Å². The highest BCUT2D eigenvalue weighted by molar-refractivity contribution is 6.31. The number of rotatable bonds is 11. The van der Waals surface area contributed by atoms with Gasteiger partial charge in [-0.2, -0.15) is 0 Å². The van der Waals surface area contributed by atoms with E-state index in [1.54, 1.807) is 35.0 Å². The van der Waals surface area contributed by atoms with Crippen LogP contribution < -0.4 is 10.1 Å². The van der Waals surface area contributed by atoms with Gasteiger partial charge in [-0.25, -0.2) is 13.9 Å². The molecule has 0 bridgehead atoms. The van der Waals surface area contributed by atoms with Crippen LogP contribution in [0, 0.1) is 11.7 Å². The van der Waals surface area contributed by atoms with Crippen LogP contribution in [0.5, 0.6) is 5.75 Å². The maximum absolute atomic E-state index is 14.0. The van der Waals surface area contributed by atoms with Gasteiger partial charge in [0.1, 0.15) is 23.9 Å². The number of ether oxygens (including phenoxy) is 1. The van der Waals surface area contributed by atoms with Crippen molar-refractivity contribution in [2.24, 2.45) is 5.92 Å². The lowest BCUT2D eigenvalue weighted by Gasteiger charge is -2.25. The molecule has 2 aromatic heterocycles. The number of aromatic nitrogens is 5. The Labute approximate surface area is 253 Å². The van der Waals surface area contributed by atoms with Gasteiger partial charge in [-0.15, -0.1) is 5.10 Å². The summed E-state index contributed by atoms with van der Waals surface area (Å²) in [6, 6.07) is 18.7. The highest BCUT2D eigenvalue weighted by Crippen LogP contribution is 2.34. The fraction of sp³-hybridized carbons (Fsp3) is 0.312. The first kappa shape index (κ1) is 28.8. The fourth-order valence-corrected chi connectivity index (χ4v) is 6.00. The van der Waals surface area contributed by atoms with Gasteiger partial charge in [-0.1, -0.05) is 67.3 Å². The van der Waals surface area contributed by atoms with E-state index >= 15 is 0 Å². The number of aromatic carboxylic acids is 1. The predicted octanol–water partition coefficient (Wildman–Crippen LogP) is 6.53. The number of tetrazole rings is 1. The molecular formula is C32H32ClFN6O3. The zero-order chi connectivity index (χ0) is 29.8. The van der Waals surface area contributed by atoms with E-state index in [4.69, 9.17) is 16.3 Å². The molecule has 0 amide bonds. The van der Waals surface area contributed by atoms with Crippen LogP contribution in [0.2, 0.25) is 5.02 Å². The van der Waals surface area contributed by atoms with Gasteiger partial charge in [-0.3, -0.25) is 0 Å². The molecule has 11 heteroatoms. The molecule has 1 saturated carbocycles. The molecule has 0 radical (unpaired) electrons. The molecule has 3 N–H and O–H groups in total. The second-order valence-corrected chi connectivity index (χ2v) is 11.4. The van der Waals surface area contributed by atoms with E-state index in [-0.39, 0.29) is 18.1 Å². The van der Waals surface area contributed by atoms with Crippen molar-refractivity contribution in [2.75, 3.05) is 6.54 Å². The summed E-state index contributed by atoms with van der Waals surface area (Å²) in [5.74, 6) is 0.233. The zero-order valence-electron chi connectivity index (χ0n) is 23.5. The molecule has 5 aromatic rings. The highest BCUT2D eigenvalue weighted by Gasteiger charge is 2.30. The molecule has 1 fully saturated rings. The van der Waals surface area contributed by atoms with Crippen LogP contribution in [0.25, 0.3) is 10.9 Å². The number of hydrogen-bond acceptors (Lipinski definition) is 6. The molecule has 0 spiro atoms. The Balaban J connectivity index is 1.28. The first-order chi connectivity index (χ1) is 21.0. The van der Waals surface area contributed by atoms with Gasteiger partial charge in [0.15, 0.2) is 5.82 Å². The number of aromatic amines is 1. The number of hydrogen-bond donors (Lipinski definition) is 3. The molecular weight excluding hydrogens is 571 g/mol. The summed E-state index contributed by atoms with van der Waals surface area (Å²) >= 11 is 6.24. The van der Waals surface area contributed by atoms with Crippen molar-refractivity contribution in [1.29, 1.82) is 0 Å². The molecule has 3 aromatic carbocycles. The van der Waals surface area contributed by atoms with Crippen molar-refractivity contribution in [3.63, 3.8) is 0 Å². The minimum atomic E-state index is -1.07. The Morgan fingerprint density at radius 2 is 1.91 bits per heavy atom. The Hall–Kier alpha value is -4.28. The summed E-state index contributed by atoms with van der Waals surface area (Å²) in [7, 11) is 0. The Morgan fingerprint density at radius 3 is 2.67 bits per heavy atom. The quantitative estimate of drug-likeness (QED) is 0.157. The normalized spacial score (nSPS) is 14.7. The molecule has 1 aliphatic rings. The summed E-state index contributed by atoms with van der Waals surface area (Å²) < 4.78 is 21.4. The number of nitrogens with one attached hydrogen (secondary N) is 2. The summed E-state index contributed by atoms with van der Waals surface area (Å²) in [4.78, 5) is 15.5. The lowest BCUT2D eigenvalue weighted by molar-refractivity contribution is 0.0689. The second-order valence-electron chi connectivity index (χ2n) is 11.0. The van der Waals surface area contributed by atoms with Gasteiger partial charge in [0, 0.05) is 27.1 Å². The van der Waals surface area contributed by atoms with E-state index in [0.29, 0.717) is 52.2 Å². The topological polar surface area (TPSA) is 118 Å². The average molecular weight is 603 g/mol. The first-order valence-electron chi connectivity index (χ1n) is 14.5. The third-order valence-electron chi connectivity index (χ3n) is 8.06. The molecule has 1 unspecified atom stereocenters. The van der Waals surface area contributed by atoms with Crippen LogP contribution in [0.15, 0.2) is 66.7 Å². The number of carboxylic acids is 1.